The van der Waals surface area contributed by atoms with Crippen molar-refractivity contribution < 1.29 is 9.84 Å². The topological polar surface area (TPSA) is 55.5 Å². The van der Waals surface area contributed by atoms with Crippen LogP contribution in [0, 0.1) is 0 Å². The highest BCUT2D eigenvalue weighted by atomic mass is 79.9. The highest BCUT2D eigenvalue weighted by molar-refractivity contribution is 9.10. The Morgan fingerprint density at radius 2 is 2.00 bits per heavy atom. The van der Waals surface area contributed by atoms with E-state index >= 15 is 0 Å². The van der Waals surface area contributed by atoms with Crippen molar-refractivity contribution in [1.29, 1.82) is 0 Å². The van der Waals surface area contributed by atoms with Gasteiger partial charge in [0.1, 0.15) is 11.5 Å². The third-order valence-electron chi connectivity index (χ3n) is 2.83. The highest BCUT2D eigenvalue weighted by Crippen LogP contribution is 2.30. The monoisotopic (exact) mass is 321 g/mol. The average Bonchev–Trinajstić information content (AvgIpc) is 2.39. The smallest absolute Gasteiger partial charge is 0.132 e. The van der Waals surface area contributed by atoms with Crippen LogP contribution in [-0.2, 0) is 6.61 Å². The zero-order chi connectivity index (χ0) is 13.8. The van der Waals surface area contributed by atoms with Crippen LogP contribution in [0.25, 0.3) is 0 Å². The van der Waals surface area contributed by atoms with E-state index in [9.17, 15) is 5.11 Å². The molecule has 2 aromatic rings. The van der Waals surface area contributed by atoms with Crippen LogP contribution >= 0.6 is 15.9 Å². The van der Waals surface area contributed by atoms with Gasteiger partial charge < -0.3 is 15.6 Å². The summed E-state index contributed by atoms with van der Waals surface area (Å²) in [4.78, 5) is 0. The van der Waals surface area contributed by atoms with E-state index in [1.54, 1.807) is 0 Å². The second kappa shape index (κ2) is 6.19. The van der Waals surface area contributed by atoms with Gasteiger partial charge in [-0.1, -0.05) is 40.2 Å². The predicted octanol–water partition coefficient (Wildman–Crippen LogP) is 3.75. The maximum Gasteiger partial charge on any atom is 0.132 e. The van der Waals surface area contributed by atoms with Crippen molar-refractivity contribution in [1.82, 2.24) is 0 Å². The summed E-state index contributed by atoms with van der Waals surface area (Å²) >= 11 is 3.49. The average molecular weight is 322 g/mol. The van der Waals surface area contributed by atoms with E-state index in [2.05, 4.69) is 15.9 Å². The molecular weight excluding hydrogens is 306 g/mol. The first-order valence-electron chi connectivity index (χ1n) is 6.03. The Labute approximate surface area is 121 Å². The Morgan fingerprint density at radius 1 is 1.26 bits per heavy atom. The minimum Gasteiger partial charge on any atom is -0.457 e. The molecule has 0 fully saturated rings. The Hall–Kier alpha value is -1.36. The largest absolute Gasteiger partial charge is 0.457 e. The van der Waals surface area contributed by atoms with Crippen LogP contribution < -0.4 is 10.5 Å². The fourth-order valence-corrected chi connectivity index (χ4v) is 2.52. The number of aliphatic hydroxyl groups excluding tert-OH is 1. The van der Waals surface area contributed by atoms with Gasteiger partial charge in [0.05, 0.1) is 6.61 Å². The van der Waals surface area contributed by atoms with Gasteiger partial charge in [-0.25, -0.2) is 0 Å². The van der Waals surface area contributed by atoms with E-state index in [0.717, 1.165) is 15.6 Å². The molecule has 0 heterocycles. The fourth-order valence-electron chi connectivity index (χ4n) is 1.80. The van der Waals surface area contributed by atoms with Gasteiger partial charge in [0.25, 0.3) is 0 Å². The molecule has 1 atom stereocenters. The van der Waals surface area contributed by atoms with E-state index in [4.69, 9.17) is 10.5 Å². The number of aliphatic hydroxyl groups is 1. The molecule has 0 aliphatic rings. The van der Waals surface area contributed by atoms with Crippen LogP contribution in [0.4, 0.5) is 0 Å². The summed E-state index contributed by atoms with van der Waals surface area (Å²) < 4.78 is 6.70. The number of hydrogen-bond acceptors (Lipinski definition) is 3. The van der Waals surface area contributed by atoms with Gasteiger partial charge in [-0.15, -0.1) is 0 Å². The molecule has 0 amide bonds. The van der Waals surface area contributed by atoms with E-state index in [0.29, 0.717) is 11.5 Å². The van der Waals surface area contributed by atoms with Crippen LogP contribution in [-0.4, -0.2) is 5.11 Å². The second-order valence-corrected chi connectivity index (χ2v) is 5.19. The molecule has 0 saturated carbocycles. The second-order valence-electron chi connectivity index (χ2n) is 4.34. The first-order chi connectivity index (χ1) is 9.11. The summed E-state index contributed by atoms with van der Waals surface area (Å²) in [5.41, 5.74) is 7.65. The molecule has 19 heavy (non-hydrogen) atoms. The minimum atomic E-state index is -0.0464. The maximum atomic E-state index is 9.26. The Bertz CT molecular complexity index is 570. The molecule has 0 radical (unpaired) electrons. The number of nitrogens with two attached hydrogens (primary N) is 1. The quantitative estimate of drug-likeness (QED) is 0.901. The van der Waals surface area contributed by atoms with Gasteiger partial charge in [0, 0.05) is 16.1 Å². The molecule has 0 aliphatic heterocycles. The number of benzene rings is 2. The first kappa shape index (κ1) is 14.1. The van der Waals surface area contributed by atoms with Gasteiger partial charge >= 0.3 is 0 Å². The van der Waals surface area contributed by atoms with Crippen molar-refractivity contribution >= 4 is 15.9 Å². The van der Waals surface area contributed by atoms with Gasteiger partial charge in [-0.2, -0.15) is 0 Å². The molecular formula is C15H16BrNO2. The van der Waals surface area contributed by atoms with E-state index in [1.807, 2.05) is 49.4 Å². The standard InChI is InChI=1S/C15H16BrNO2/c1-10(17)13-7-6-12(8-14(13)16)19-15-5-3-2-4-11(15)9-18/h2-8,10,18H,9,17H2,1H3. The van der Waals surface area contributed by atoms with Crippen LogP contribution in [0.2, 0.25) is 0 Å². The summed E-state index contributed by atoms with van der Waals surface area (Å²) in [5.74, 6) is 1.36. The molecule has 4 heteroatoms. The summed E-state index contributed by atoms with van der Waals surface area (Å²) in [6.45, 7) is 1.89. The normalized spacial score (nSPS) is 12.2. The van der Waals surface area contributed by atoms with Gasteiger partial charge in [0.15, 0.2) is 0 Å². The number of para-hydroxylation sites is 1. The lowest BCUT2D eigenvalue weighted by atomic mass is 10.1. The molecule has 2 rings (SSSR count). The zero-order valence-corrected chi connectivity index (χ0v) is 12.2. The molecule has 0 saturated heterocycles. The third-order valence-corrected chi connectivity index (χ3v) is 3.52. The molecule has 100 valence electrons. The van der Waals surface area contributed by atoms with Gasteiger partial charge in [0.2, 0.25) is 0 Å². The van der Waals surface area contributed by atoms with Gasteiger partial charge in [-0.3, -0.25) is 0 Å². The predicted molar refractivity (Wildman–Crippen MR) is 79.2 cm³/mol. The third kappa shape index (κ3) is 3.35. The number of rotatable bonds is 4. The number of ether oxygens (including phenoxy) is 1. The summed E-state index contributed by atoms with van der Waals surface area (Å²) in [6, 6.07) is 13.1. The van der Waals surface area contributed by atoms with Crippen molar-refractivity contribution in [2.75, 3.05) is 0 Å². The molecule has 1 unspecified atom stereocenters. The maximum absolute atomic E-state index is 9.26. The highest BCUT2D eigenvalue weighted by Gasteiger charge is 2.08. The van der Waals surface area contributed by atoms with Crippen LogP contribution in [0.15, 0.2) is 46.9 Å². The van der Waals surface area contributed by atoms with Crippen molar-refractivity contribution in [3.63, 3.8) is 0 Å². The molecule has 0 spiro atoms. The molecule has 0 bridgehead atoms. The summed E-state index contributed by atoms with van der Waals surface area (Å²) in [6.07, 6.45) is 0. The van der Waals surface area contributed by atoms with Crippen molar-refractivity contribution in [2.45, 2.75) is 19.6 Å². The minimum absolute atomic E-state index is 0.0341. The van der Waals surface area contributed by atoms with Crippen molar-refractivity contribution in [3.8, 4) is 11.5 Å². The molecule has 0 aliphatic carbocycles. The summed E-state index contributed by atoms with van der Waals surface area (Å²) in [7, 11) is 0. The molecule has 3 N–H and O–H groups in total. The van der Waals surface area contributed by atoms with Crippen LogP contribution in [0.5, 0.6) is 11.5 Å². The number of halogens is 1. The SMILES string of the molecule is CC(N)c1ccc(Oc2ccccc2CO)cc1Br. The number of hydrogen-bond donors (Lipinski definition) is 2. The van der Waals surface area contributed by atoms with Crippen molar-refractivity contribution in [3.05, 3.63) is 58.1 Å². The summed E-state index contributed by atoms with van der Waals surface area (Å²) in [5, 5.41) is 9.26. The Morgan fingerprint density at radius 3 is 2.63 bits per heavy atom. The lowest BCUT2D eigenvalue weighted by Crippen LogP contribution is -2.05. The zero-order valence-electron chi connectivity index (χ0n) is 10.6. The lowest BCUT2D eigenvalue weighted by Gasteiger charge is -2.13. The Kier molecular flexibility index (Phi) is 4.58. The van der Waals surface area contributed by atoms with E-state index in [-0.39, 0.29) is 12.6 Å². The van der Waals surface area contributed by atoms with Crippen LogP contribution in [0.1, 0.15) is 24.1 Å². The van der Waals surface area contributed by atoms with Gasteiger partial charge in [-0.05, 0) is 30.7 Å². The molecule has 0 aromatic heterocycles. The van der Waals surface area contributed by atoms with E-state index in [1.165, 1.54) is 0 Å². The molecule has 3 nitrogen and oxygen atoms in total. The van der Waals surface area contributed by atoms with Crippen molar-refractivity contribution in [2.24, 2.45) is 5.73 Å². The molecule has 2 aromatic carbocycles. The lowest BCUT2D eigenvalue weighted by molar-refractivity contribution is 0.276. The Balaban J connectivity index is 2.26. The first-order valence-corrected chi connectivity index (χ1v) is 6.82. The van der Waals surface area contributed by atoms with Crippen LogP contribution in [0.3, 0.4) is 0 Å². The van der Waals surface area contributed by atoms with E-state index < -0.39 is 0 Å². The fraction of sp³-hybridized carbons (Fsp3) is 0.200.